The van der Waals surface area contributed by atoms with Crippen LogP contribution in [0.3, 0.4) is 0 Å². The lowest BCUT2D eigenvalue weighted by Gasteiger charge is -2.42. The molecule has 0 spiro atoms. The quantitative estimate of drug-likeness (QED) is 0.218. The number of ether oxygens (including phenoxy) is 5. The van der Waals surface area contributed by atoms with Crippen LogP contribution in [-0.2, 0) is 28.5 Å². The Morgan fingerprint density at radius 1 is 0.475 bits per heavy atom. The van der Waals surface area contributed by atoms with Crippen LogP contribution in [0.2, 0.25) is 0 Å². The highest BCUT2D eigenvalue weighted by atomic mass is 16.6. The molecule has 4 aliphatic carbocycles. The van der Waals surface area contributed by atoms with Crippen LogP contribution in [0, 0.1) is 23.7 Å². The third kappa shape index (κ3) is 9.41. The second-order valence-corrected chi connectivity index (χ2v) is 13.9. The smallest absolute Gasteiger partial charge is 0.338 e. The van der Waals surface area contributed by atoms with Crippen molar-refractivity contribution >= 4 is 5.97 Å². The minimum absolute atomic E-state index is 0.284. The fraction of sp³-hybridized carbons (Fsp3) is 0.971. The van der Waals surface area contributed by atoms with Gasteiger partial charge < -0.3 is 23.7 Å². The van der Waals surface area contributed by atoms with Gasteiger partial charge in [-0.2, -0.15) is 0 Å². The van der Waals surface area contributed by atoms with Crippen molar-refractivity contribution in [1.82, 2.24) is 0 Å². The van der Waals surface area contributed by atoms with Crippen molar-refractivity contribution in [2.45, 2.75) is 153 Å². The van der Waals surface area contributed by atoms with Gasteiger partial charge in [-0.05, 0) is 75.0 Å². The van der Waals surface area contributed by atoms with Gasteiger partial charge in [0.25, 0.3) is 0 Å². The molecule has 1 heterocycles. The summed E-state index contributed by atoms with van der Waals surface area (Å²) in [5.41, 5.74) is 0. The number of rotatable bonds is 13. The van der Waals surface area contributed by atoms with Crippen LogP contribution in [0.15, 0.2) is 0 Å². The maximum atomic E-state index is 13.5. The van der Waals surface area contributed by atoms with E-state index >= 15 is 0 Å². The first kappa shape index (κ1) is 30.8. The van der Waals surface area contributed by atoms with E-state index in [1.165, 1.54) is 128 Å². The van der Waals surface area contributed by atoms with E-state index in [0.717, 1.165) is 6.61 Å². The fourth-order valence-corrected chi connectivity index (χ4v) is 7.98. The molecular weight excluding hydrogens is 504 g/mol. The third-order valence-corrected chi connectivity index (χ3v) is 10.6. The maximum Gasteiger partial charge on any atom is 0.338 e. The zero-order chi connectivity index (χ0) is 27.4. The molecule has 0 radical (unpaired) electrons. The van der Waals surface area contributed by atoms with Gasteiger partial charge >= 0.3 is 5.97 Å². The van der Waals surface area contributed by atoms with Gasteiger partial charge in [0.15, 0.2) is 12.2 Å². The lowest BCUT2D eigenvalue weighted by molar-refractivity contribution is -0.239. The zero-order valence-electron chi connectivity index (χ0n) is 25.2. The van der Waals surface area contributed by atoms with Crippen LogP contribution in [0.5, 0.6) is 0 Å². The molecule has 5 fully saturated rings. The summed E-state index contributed by atoms with van der Waals surface area (Å²) < 4.78 is 32.3. The number of hydrogen-bond acceptors (Lipinski definition) is 6. The first-order chi connectivity index (χ1) is 19.8. The predicted octanol–water partition coefficient (Wildman–Crippen LogP) is 7.41. The molecule has 5 rings (SSSR count). The minimum atomic E-state index is -0.712. The van der Waals surface area contributed by atoms with Gasteiger partial charge in [0.05, 0.1) is 26.4 Å². The summed E-state index contributed by atoms with van der Waals surface area (Å²) in [6.45, 7) is 3.14. The van der Waals surface area contributed by atoms with Gasteiger partial charge in [-0.25, -0.2) is 4.79 Å². The summed E-state index contributed by atoms with van der Waals surface area (Å²) in [5, 5.41) is 0. The summed E-state index contributed by atoms with van der Waals surface area (Å²) in [7, 11) is 0. The molecule has 40 heavy (non-hydrogen) atoms. The molecular formula is C34H58O6. The number of carbonyl (C=O) groups is 1. The van der Waals surface area contributed by atoms with E-state index in [-0.39, 0.29) is 12.1 Å². The van der Waals surface area contributed by atoms with Crippen molar-refractivity contribution in [2.24, 2.45) is 23.7 Å². The molecule has 5 aliphatic rings. The highest BCUT2D eigenvalue weighted by Gasteiger charge is 2.49. The van der Waals surface area contributed by atoms with E-state index in [1.807, 2.05) is 0 Å². The molecule has 0 bridgehead atoms. The van der Waals surface area contributed by atoms with Gasteiger partial charge in [0.1, 0.15) is 12.2 Å². The average molecular weight is 563 g/mol. The van der Waals surface area contributed by atoms with Crippen LogP contribution in [0.25, 0.3) is 0 Å². The summed E-state index contributed by atoms with van der Waals surface area (Å²) in [6.07, 6.45) is 23.4. The van der Waals surface area contributed by atoms with Crippen LogP contribution in [0.4, 0.5) is 0 Å². The molecule has 0 amide bonds. The van der Waals surface area contributed by atoms with Gasteiger partial charge in [-0.1, -0.05) is 77.0 Å². The van der Waals surface area contributed by atoms with E-state index in [2.05, 4.69) is 0 Å². The lowest BCUT2D eigenvalue weighted by Crippen LogP contribution is -2.60. The van der Waals surface area contributed by atoms with Crippen molar-refractivity contribution < 1.29 is 28.5 Å². The average Bonchev–Trinajstić information content (AvgIpc) is 3.01. The second-order valence-electron chi connectivity index (χ2n) is 13.9. The fourth-order valence-electron chi connectivity index (χ4n) is 7.98. The molecule has 0 aromatic rings. The van der Waals surface area contributed by atoms with Crippen LogP contribution in [-0.4, -0.2) is 63.4 Å². The van der Waals surface area contributed by atoms with Gasteiger partial charge in [0, 0.05) is 6.61 Å². The Labute approximate surface area is 243 Å². The molecule has 0 unspecified atom stereocenters. The molecule has 6 nitrogen and oxygen atoms in total. The van der Waals surface area contributed by atoms with E-state index in [0.29, 0.717) is 50.1 Å². The van der Waals surface area contributed by atoms with Crippen molar-refractivity contribution in [3.63, 3.8) is 0 Å². The van der Waals surface area contributed by atoms with E-state index < -0.39 is 18.3 Å². The SMILES string of the molecule is O=C1O[C@H](COCC2CCCCC2)[C@H](OCC2CCCCC2)[C@H](OCC2CCCCC2)[C@H]1OCC1CCCCC1. The first-order valence-electron chi connectivity index (χ1n) is 17.4. The van der Waals surface area contributed by atoms with E-state index in [4.69, 9.17) is 23.7 Å². The Hall–Kier alpha value is -0.690. The summed E-state index contributed by atoms with van der Waals surface area (Å²) >= 11 is 0. The molecule has 1 saturated heterocycles. The molecule has 0 aromatic carbocycles. The standard InChI is InChI=1S/C34H58O6/c35-34-33(39-24-29-19-11-4-12-20-29)32(38-23-28-17-9-3-10-18-28)31(37-22-27-15-7-2-8-16-27)30(40-34)25-36-21-26-13-5-1-6-14-26/h26-33H,1-25H2/t30-,31+,32+,33-/m1/s1. The molecule has 6 heteroatoms. The highest BCUT2D eigenvalue weighted by molar-refractivity contribution is 5.77. The Morgan fingerprint density at radius 3 is 1.35 bits per heavy atom. The Kier molecular flexibility index (Phi) is 12.9. The second kappa shape index (κ2) is 16.8. The normalized spacial score (nSPS) is 32.2. The number of cyclic esters (lactones) is 1. The van der Waals surface area contributed by atoms with Crippen LogP contribution >= 0.6 is 0 Å². The van der Waals surface area contributed by atoms with Gasteiger partial charge in [-0.3, -0.25) is 0 Å². The molecule has 230 valence electrons. The van der Waals surface area contributed by atoms with Crippen molar-refractivity contribution in [3.8, 4) is 0 Å². The molecule has 0 N–H and O–H groups in total. The van der Waals surface area contributed by atoms with Crippen LogP contribution < -0.4 is 0 Å². The summed E-state index contributed by atoms with van der Waals surface area (Å²) in [5.74, 6) is 2.01. The monoisotopic (exact) mass is 562 g/mol. The van der Waals surface area contributed by atoms with Gasteiger partial charge in [-0.15, -0.1) is 0 Å². The lowest BCUT2D eigenvalue weighted by atomic mass is 9.89. The molecule has 4 saturated carbocycles. The Morgan fingerprint density at radius 2 is 0.875 bits per heavy atom. The number of carbonyl (C=O) groups excluding carboxylic acids is 1. The first-order valence-corrected chi connectivity index (χ1v) is 17.4. The van der Waals surface area contributed by atoms with Crippen molar-refractivity contribution in [2.75, 3.05) is 33.0 Å². The highest BCUT2D eigenvalue weighted by Crippen LogP contribution is 2.33. The largest absolute Gasteiger partial charge is 0.455 e. The Balaban J connectivity index is 1.26. The molecule has 1 aliphatic heterocycles. The summed E-state index contributed by atoms with van der Waals surface area (Å²) in [4.78, 5) is 13.5. The Bertz CT molecular complexity index is 705. The topological polar surface area (TPSA) is 63.2 Å². The van der Waals surface area contributed by atoms with Gasteiger partial charge in [0.2, 0.25) is 0 Å². The minimum Gasteiger partial charge on any atom is -0.455 e. The number of esters is 1. The van der Waals surface area contributed by atoms with E-state index in [1.54, 1.807) is 0 Å². The summed E-state index contributed by atoms with van der Waals surface area (Å²) in [6, 6.07) is 0. The zero-order valence-corrected chi connectivity index (χ0v) is 25.2. The van der Waals surface area contributed by atoms with Crippen LogP contribution in [0.1, 0.15) is 128 Å². The predicted molar refractivity (Wildman–Crippen MR) is 156 cm³/mol. The number of hydrogen-bond donors (Lipinski definition) is 0. The van der Waals surface area contributed by atoms with Crippen molar-refractivity contribution in [3.05, 3.63) is 0 Å². The third-order valence-electron chi connectivity index (χ3n) is 10.6. The van der Waals surface area contributed by atoms with Crippen molar-refractivity contribution in [1.29, 1.82) is 0 Å². The molecule has 4 atom stereocenters. The molecule has 0 aromatic heterocycles. The van der Waals surface area contributed by atoms with E-state index in [9.17, 15) is 4.79 Å². The maximum absolute atomic E-state index is 13.5.